The van der Waals surface area contributed by atoms with Crippen molar-refractivity contribution in [3.8, 4) is 11.5 Å². The molecule has 0 unspecified atom stereocenters. The molecule has 0 spiro atoms. The summed E-state index contributed by atoms with van der Waals surface area (Å²) < 4.78 is 19.7. The lowest BCUT2D eigenvalue weighted by Gasteiger charge is -2.08. The molecule has 2 aromatic rings. The fraction of sp³-hybridized carbons (Fsp3) is 0.235. The van der Waals surface area contributed by atoms with Crippen LogP contribution in [0, 0.1) is 0 Å². The van der Waals surface area contributed by atoms with Gasteiger partial charge >= 0.3 is 11.9 Å². The lowest BCUT2D eigenvalue weighted by Crippen LogP contribution is -2.21. The van der Waals surface area contributed by atoms with E-state index in [-0.39, 0.29) is 11.1 Å². The zero-order valence-electron chi connectivity index (χ0n) is 13.7. The largest absolute Gasteiger partial charge is 0.493 e. The molecule has 0 bridgehead atoms. The quantitative estimate of drug-likeness (QED) is 0.789. The van der Waals surface area contributed by atoms with Crippen LogP contribution in [0.2, 0.25) is 0 Å². The number of fused-ring (bicyclic) bond motifs is 1. The Balaban J connectivity index is 2.97. The van der Waals surface area contributed by atoms with Crippen LogP contribution < -0.4 is 14.9 Å². The Morgan fingerprint density at radius 1 is 0.708 bits per heavy atom. The summed E-state index contributed by atoms with van der Waals surface area (Å²) in [6.07, 6.45) is 0. The molecule has 0 N–H and O–H groups in total. The summed E-state index contributed by atoms with van der Waals surface area (Å²) in [6, 6.07) is 5.89. The van der Waals surface area contributed by atoms with Crippen molar-refractivity contribution in [3.63, 3.8) is 0 Å². The molecule has 0 aliphatic carbocycles. The van der Waals surface area contributed by atoms with Crippen molar-refractivity contribution >= 4 is 22.7 Å². The molecule has 0 radical (unpaired) electrons. The summed E-state index contributed by atoms with van der Waals surface area (Å²) in [4.78, 5) is 36.4. The maximum atomic E-state index is 12.5. The molecule has 126 valence electrons. The fourth-order valence-electron chi connectivity index (χ4n) is 2.27. The van der Waals surface area contributed by atoms with Gasteiger partial charge in [0, 0.05) is 0 Å². The van der Waals surface area contributed by atoms with Gasteiger partial charge in [-0.2, -0.15) is 0 Å². The van der Waals surface area contributed by atoms with Crippen molar-refractivity contribution in [3.05, 3.63) is 45.6 Å². The maximum Gasteiger partial charge on any atom is 0.341 e. The van der Waals surface area contributed by atoms with E-state index in [1.54, 1.807) is 12.1 Å². The Bertz CT molecular complexity index is 802. The Hall–Kier alpha value is -3.09. The molecule has 7 heteroatoms. The van der Waals surface area contributed by atoms with Gasteiger partial charge in [0.05, 0.1) is 28.4 Å². The molecule has 7 nitrogen and oxygen atoms in total. The predicted octanol–water partition coefficient (Wildman–Crippen LogP) is 1.79. The van der Waals surface area contributed by atoms with Crippen LogP contribution in [0.3, 0.4) is 0 Å². The average molecular weight is 332 g/mol. The second-order valence-electron chi connectivity index (χ2n) is 4.76. The number of ether oxygens (including phenoxy) is 4. The molecule has 0 saturated heterocycles. The van der Waals surface area contributed by atoms with E-state index >= 15 is 0 Å². The molecule has 0 amide bonds. The Morgan fingerprint density at radius 3 is 1.38 bits per heavy atom. The van der Waals surface area contributed by atoms with Gasteiger partial charge in [-0.3, -0.25) is 4.79 Å². The smallest absolute Gasteiger partial charge is 0.341 e. The van der Waals surface area contributed by atoms with E-state index in [1.165, 1.54) is 26.4 Å². The topological polar surface area (TPSA) is 88.1 Å². The third-order valence-electron chi connectivity index (χ3n) is 3.49. The van der Waals surface area contributed by atoms with E-state index in [1.807, 2.05) is 0 Å². The van der Waals surface area contributed by atoms with E-state index in [2.05, 4.69) is 9.47 Å². The number of hydrogen-bond donors (Lipinski definition) is 0. The third-order valence-corrected chi connectivity index (χ3v) is 3.49. The molecular formula is C17H16O7. The second-order valence-corrected chi connectivity index (χ2v) is 4.76. The zero-order chi connectivity index (χ0) is 17.9. The normalized spacial score (nSPS) is 10.2. The molecule has 0 fully saturated rings. The molecule has 0 aromatic heterocycles. The molecule has 0 aliphatic rings. The highest BCUT2D eigenvalue weighted by Crippen LogP contribution is 2.32. The molecule has 0 aliphatic heterocycles. The average Bonchev–Trinajstić information content (AvgIpc) is 2.75. The van der Waals surface area contributed by atoms with E-state index in [4.69, 9.17) is 9.47 Å². The van der Waals surface area contributed by atoms with E-state index < -0.39 is 17.4 Å². The van der Waals surface area contributed by atoms with Gasteiger partial charge < -0.3 is 18.9 Å². The van der Waals surface area contributed by atoms with Crippen LogP contribution in [-0.4, -0.2) is 40.4 Å². The molecule has 24 heavy (non-hydrogen) atoms. The van der Waals surface area contributed by atoms with Crippen LogP contribution in [0.15, 0.2) is 29.1 Å². The second kappa shape index (κ2) is 6.99. The number of rotatable bonds is 4. The summed E-state index contributed by atoms with van der Waals surface area (Å²) in [5, 5.41) is 1.00. The lowest BCUT2D eigenvalue weighted by atomic mass is 10.1. The first kappa shape index (κ1) is 17.3. The number of benzene rings is 1. The van der Waals surface area contributed by atoms with Gasteiger partial charge in [-0.15, -0.1) is 0 Å². The first-order chi connectivity index (χ1) is 11.5. The van der Waals surface area contributed by atoms with Crippen LogP contribution in [-0.2, 0) is 9.47 Å². The highest BCUT2D eigenvalue weighted by molar-refractivity contribution is 6.00. The molecular weight excluding hydrogens is 316 g/mol. The van der Waals surface area contributed by atoms with Gasteiger partial charge in [-0.25, -0.2) is 9.59 Å². The zero-order valence-corrected chi connectivity index (χ0v) is 13.7. The molecule has 2 rings (SSSR count). The van der Waals surface area contributed by atoms with Crippen LogP contribution in [0.1, 0.15) is 20.7 Å². The van der Waals surface area contributed by atoms with Gasteiger partial charge in [0.15, 0.2) is 11.5 Å². The first-order valence-corrected chi connectivity index (χ1v) is 6.87. The predicted molar refractivity (Wildman–Crippen MR) is 86.0 cm³/mol. The van der Waals surface area contributed by atoms with E-state index in [9.17, 15) is 14.4 Å². The summed E-state index contributed by atoms with van der Waals surface area (Å²) in [5.41, 5.74) is -1.33. The van der Waals surface area contributed by atoms with Crippen LogP contribution >= 0.6 is 0 Å². The van der Waals surface area contributed by atoms with Gasteiger partial charge in [0.1, 0.15) is 11.1 Å². The number of hydrogen-bond acceptors (Lipinski definition) is 7. The van der Waals surface area contributed by atoms with Crippen molar-refractivity contribution in [1.29, 1.82) is 0 Å². The SMILES string of the molecule is COC(=O)c1cc2cc(OC)c(OC)cc2cc(C(=O)OC)c1=O. The van der Waals surface area contributed by atoms with Crippen LogP contribution in [0.5, 0.6) is 11.5 Å². The van der Waals surface area contributed by atoms with Crippen molar-refractivity contribution in [1.82, 2.24) is 0 Å². The fourth-order valence-corrected chi connectivity index (χ4v) is 2.27. The summed E-state index contributed by atoms with van der Waals surface area (Å²) in [5.74, 6) is -0.868. The number of methoxy groups -OCH3 is 4. The number of esters is 2. The Kier molecular flexibility index (Phi) is 5.03. The van der Waals surface area contributed by atoms with E-state index in [0.29, 0.717) is 22.3 Å². The van der Waals surface area contributed by atoms with Crippen LogP contribution in [0.4, 0.5) is 0 Å². The van der Waals surface area contributed by atoms with Gasteiger partial charge in [-0.05, 0) is 35.0 Å². The lowest BCUT2D eigenvalue weighted by molar-refractivity contribution is 0.0597. The summed E-state index contributed by atoms with van der Waals surface area (Å²) in [7, 11) is 5.23. The number of carbonyl (C=O) groups excluding carboxylic acids is 2. The van der Waals surface area contributed by atoms with Crippen molar-refractivity contribution in [2.24, 2.45) is 0 Å². The minimum atomic E-state index is -0.850. The van der Waals surface area contributed by atoms with E-state index in [0.717, 1.165) is 14.2 Å². The van der Waals surface area contributed by atoms with Crippen molar-refractivity contribution < 1.29 is 28.5 Å². The monoisotopic (exact) mass is 332 g/mol. The van der Waals surface area contributed by atoms with Crippen LogP contribution in [0.25, 0.3) is 10.8 Å². The first-order valence-electron chi connectivity index (χ1n) is 6.87. The summed E-state index contributed by atoms with van der Waals surface area (Å²) >= 11 is 0. The molecule has 0 atom stereocenters. The highest BCUT2D eigenvalue weighted by atomic mass is 16.5. The minimum Gasteiger partial charge on any atom is -0.493 e. The highest BCUT2D eigenvalue weighted by Gasteiger charge is 2.19. The van der Waals surface area contributed by atoms with Crippen molar-refractivity contribution in [2.75, 3.05) is 28.4 Å². The van der Waals surface area contributed by atoms with Crippen molar-refractivity contribution in [2.45, 2.75) is 0 Å². The molecule has 0 heterocycles. The van der Waals surface area contributed by atoms with Gasteiger partial charge in [0.25, 0.3) is 0 Å². The Labute approximate surface area is 137 Å². The third kappa shape index (κ3) is 3.01. The maximum absolute atomic E-state index is 12.5. The molecule has 2 aromatic carbocycles. The standard InChI is InChI=1S/C17H16O7/c1-21-13-7-9-5-11(16(19)23-3)15(18)12(17(20)24-4)6-10(9)8-14(13)22-2/h5-8H,1-4H3. The molecule has 0 saturated carbocycles. The summed E-state index contributed by atoms with van der Waals surface area (Å²) in [6.45, 7) is 0. The Morgan fingerprint density at radius 2 is 1.08 bits per heavy atom. The van der Waals surface area contributed by atoms with Gasteiger partial charge in [-0.1, -0.05) is 0 Å². The van der Waals surface area contributed by atoms with Gasteiger partial charge in [0.2, 0.25) is 5.43 Å². The number of carbonyl (C=O) groups is 2. The minimum absolute atomic E-state index is 0.278.